The van der Waals surface area contributed by atoms with Crippen molar-refractivity contribution in [3.63, 3.8) is 0 Å². The highest BCUT2D eigenvalue weighted by molar-refractivity contribution is 7.91. The van der Waals surface area contributed by atoms with Gasteiger partial charge in [-0.3, -0.25) is 4.79 Å². The lowest BCUT2D eigenvalue weighted by molar-refractivity contribution is -0.117. The van der Waals surface area contributed by atoms with Crippen molar-refractivity contribution in [2.75, 3.05) is 26.0 Å². The number of hydrogen-bond acceptors (Lipinski definition) is 4. The van der Waals surface area contributed by atoms with E-state index in [9.17, 15) is 13.2 Å². The summed E-state index contributed by atoms with van der Waals surface area (Å²) in [6, 6.07) is 5.28. The molecule has 2 fully saturated rings. The Balaban J connectivity index is 1.87. The fraction of sp³-hybridized carbons (Fsp3) is 0.533. The molecule has 2 aliphatic rings. The number of ether oxygens (including phenoxy) is 1. The van der Waals surface area contributed by atoms with E-state index in [1.165, 1.54) is 11.4 Å². The van der Waals surface area contributed by atoms with Gasteiger partial charge < -0.3 is 10.1 Å². The summed E-state index contributed by atoms with van der Waals surface area (Å²) in [5.74, 6) is 0.215. The topological polar surface area (TPSA) is 75.7 Å². The predicted octanol–water partition coefficient (Wildman–Crippen LogP) is 1.37. The summed E-state index contributed by atoms with van der Waals surface area (Å²) in [6.45, 7) is 2.34. The number of anilines is 1. The van der Waals surface area contributed by atoms with Gasteiger partial charge in [0.15, 0.2) is 4.75 Å². The third kappa shape index (κ3) is 2.03. The minimum atomic E-state index is -3.58. The molecule has 1 saturated carbocycles. The molecule has 2 atom stereocenters. The molecule has 1 aromatic rings. The third-order valence-electron chi connectivity index (χ3n) is 4.78. The van der Waals surface area contributed by atoms with Crippen molar-refractivity contribution in [2.45, 2.75) is 24.5 Å². The van der Waals surface area contributed by atoms with Crippen LogP contribution in [0.5, 0.6) is 5.75 Å². The Labute approximate surface area is 130 Å². The Hall–Kier alpha value is -1.60. The van der Waals surface area contributed by atoms with E-state index in [2.05, 4.69) is 5.32 Å². The molecule has 7 heteroatoms. The van der Waals surface area contributed by atoms with Crippen molar-refractivity contribution >= 4 is 21.6 Å². The number of carbonyl (C=O) groups excluding carboxylic acids is 1. The first-order valence-electron chi connectivity index (χ1n) is 7.25. The Morgan fingerprint density at radius 1 is 1.45 bits per heavy atom. The molecule has 1 aromatic carbocycles. The molecule has 120 valence electrons. The van der Waals surface area contributed by atoms with Gasteiger partial charge in [-0.1, -0.05) is 0 Å². The summed E-state index contributed by atoms with van der Waals surface area (Å²) in [7, 11) is -0.462. The second-order valence-electron chi connectivity index (χ2n) is 6.04. The number of nitrogens with zero attached hydrogens (tertiary/aromatic N) is 1. The van der Waals surface area contributed by atoms with Crippen LogP contribution in [0.3, 0.4) is 0 Å². The average molecular weight is 324 g/mol. The summed E-state index contributed by atoms with van der Waals surface area (Å²) in [5, 5.41) is 2.79. The first-order chi connectivity index (χ1) is 10.3. The van der Waals surface area contributed by atoms with Gasteiger partial charge in [0.25, 0.3) is 0 Å². The van der Waals surface area contributed by atoms with Gasteiger partial charge in [-0.05, 0) is 49.4 Å². The molecule has 0 bridgehead atoms. The zero-order valence-corrected chi connectivity index (χ0v) is 13.7. The molecule has 0 spiro atoms. The Bertz CT molecular complexity index is 731. The minimum absolute atomic E-state index is 0.0627. The molecule has 22 heavy (non-hydrogen) atoms. The predicted molar refractivity (Wildman–Crippen MR) is 83.4 cm³/mol. The lowest BCUT2D eigenvalue weighted by Crippen LogP contribution is -2.50. The van der Waals surface area contributed by atoms with Crippen molar-refractivity contribution in [3.8, 4) is 5.75 Å². The second-order valence-corrected chi connectivity index (χ2v) is 8.34. The maximum atomic E-state index is 12.7. The van der Waals surface area contributed by atoms with Gasteiger partial charge in [0.2, 0.25) is 15.9 Å². The van der Waals surface area contributed by atoms with Gasteiger partial charge in [0, 0.05) is 19.3 Å². The lowest BCUT2D eigenvalue weighted by atomic mass is 10.1. The molecule has 1 heterocycles. The quantitative estimate of drug-likeness (QED) is 0.911. The second kappa shape index (κ2) is 4.96. The number of amides is 1. The van der Waals surface area contributed by atoms with E-state index >= 15 is 0 Å². The van der Waals surface area contributed by atoms with Crippen molar-refractivity contribution in [3.05, 3.63) is 23.8 Å². The molecule has 0 unspecified atom stereocenters. The highest BCUT2D eigenvalue weighted by atomic mass is 32.2. The SMILES string of the molecule is COc1ccc(NC(=O)[C@]23C[C@@H]2CCN(C)S3(=O)=O)c(C)c1. The van der Waals surface area contributed by atoms with Crippen LogP contribution in [0.1, 0.15) is 18.4 Å². The molecular weight excluding hydrogens is 304 g/mol. The van der Waals surface area contributed by atoms with Gasteiger partial charge in [0.05, 0.1) is 7.11 Å². The van der Waals surface area contributed by atoms with Crippen LogP contribution in [-0.2, 0) is 14.8 Å². The van der Waals surface area contributed by atoms with E-state index in [-0.39, 0.29) is 5.92 Å². The largest absolute Gasteiger partial charge is 0.497 e. The van der Waals surface area contributed by atoms with Gasteiger partial charge in [-0.25, -0.2) is 12.7 Å². The summed E-state index contributed by atoms with van der Waals surface area (Å²) in [4.78, 5) is 12.7. The van der Waals surface area contributed by atoms with E-state index in [0.717, 1.165) is 12.0 Å². The van der Waals surface area contributed by atoms with Crippen LogP contribution in [-0.4, -0.2) is 44.1 Å². The van der Waals surface area contributed by atoms with E-state index in [0.29, 0.717) is 24.4 Å². The highest BCUT2D eigenvalue weighted by Gasteiger charge is 2.71. The standard InChI is InChI=1S/C15H20N2O4S/c1-10-8-12(21-3)4-5-13(10)16-14(18)15-9-11(15)6-7-17(2)22(15,19)20/h4-5,8,11H,6-7,9H2,1-3H3,(H,16,18)/t11-,15-/m0/s1. The molecule has 0 radical (unpaired) electrons. The Morgan fingerprint density at radius 3 is 2.82 bits per heavy atom. The number of benzene rings is 1. The van der Waals surface area contributed by atoms with Crippen LogP contribution < -0.4 is 10.1 Å². The summed E-state index contributed by atoms with van der Waals surface area (Å²) in [5.41, 5.74) is 1.46. The summed E-state index contributed by atoms with van der Waals surface area (Å²) in [6.07, 6.45) is 1.16. The molecule has 1 N–H and O–H groups in total. The van der Waals surface area contributed by atoms with Gasteiger partial charge in [-0.15, -0.1) is 0 Å². The molecule has 0 aromatic heterocycles. The number of carbonyl (C=O) groups is 1. The third-order valence-corrected chi connectivity index (χ3v) is 7.39. The smallest absolute Gasteiger partial charge is 0.247 e. The average Bonchev–Trinajstić information content (AvgIpc) is 3.22. The number of nitrogens with one attached hydrogen (secondary N) is 1. The van der Waals surface area contributed by atoms with E-state index in [1.807, 2.05) is 6.92 Å². The number of methoxy groups -OCH3 is 1. The van der Waals surface area contributed by atoms with Crippen molar-refractivity contribution in [1.29, 1.82) is 0 Å². The van der Waals surface area contributed by atoms with Crippen molar-refractivity contribution in [1.82, 2.24) is 4.31 Å². The fourth-order valence-electron chi connectivity index (χ4n) is 3.22. The summed E-state index contributed by atoms with van der Waals surface area (Å²) >= 11 is 0. The molecule has 1 amide bonds. The molecule has 1 aliphatic heterocycles. The van der Waals surface area contributed by atoms with Crippen LogP contribution in [0.25, 0.3) is 0 Å². The minimum Gasteiger partial charge on any atom is -0.497 e. The maximum absolute atomic E-state index is 12.7. The van der Waals surface area contributed by atoms with Gasteiger partial charge in [0.1, 0.15) is 5.75 Å². The van der Waals surface area contributed by atoms with Crippen LogP contribution in [0.15, 0.2) is 18.2 Å². The normalized spacial score (nSPS) is 29.5. The first kappa shape index (κ1) is 15.3. The fourth-order valence-corrected chi connectivity index (χ4v) is 5.36. The van der Waals surface area contributed by atoms with Crippen molar-refractivity contribution < 1.29 is 17.9 Å². The van der Waals surface area contributed by atoms with E-state index in [4.69, 9.17) is 4.74 Å². The van der Waals surface area contributed by atoms with Crippen LogP contribution in [0.4, 0.5) is 5.69 Å². The highest BCUT2D eigenvalue weighted by Crippen LogP contribution is 2.56. The lowest BCUT2D eigenvalue weighted by Gasteiger charge is -2.29. The molecule has 1 saturated heterocycles. The van der Waals surface area contributed by atoms with E-state index < -0.39 is 20.7 Å². The number of aryl methyl sites for hydroxylation is 1. The Kier molecular flexibility index (Phi) is 3.45. The summed E-state index contributed by atoms with van der Waals surface area (Å²) < 4.78 is 30.2. The number of rotatable bonds is 3. The molecule has 6 nitrogen and oxygen atoms in total. The molecular formula is C15H20N2O4S. The van der Waals surface area contributed by atoms with E-state index in [1.54, 1.807) is 25.3 Å². The zero-order valence-electron chi connectivity index (χ0n) is 12.9. The number of sulfonamides is 1. The first-order valence-corrected chi connectivity index (χ1v) is 8.69. The zero-order chi connectivity index (χ0) is 16.1. The molecule has 3 rings (SSSR count). The van der Waals surface area contributed by atoms with Crippen LogP contribution >= 0.6 is 0 Å². The van der Waals surface area contributed by atoms with Crippen LogP contribution in [0, 0.1) is 12.8 Å². The van der Waals surface area contributed by atoms with Crippen LogP contribution in [0.2, 0.25) is 0 Å². The number of hydrogen-bond donors (Lipinski definition) is 1. The Morgan fingerprint density at radius 2 is 2.18 bits per heavy atom. The maximum Gasteiger partial charge on any atom is 0.247 e. The van der Waals surface area contributed by atoms with Gasteiger partial charge in [-0.2, -0.15) is 0 Å². The van der Waals surface area contributed by atoms with Gasteiger partial charge >= 0.3 is 0 Å². The molecule has 1 aliphatic carbocycles. The number of fused-ring (bicyclic) bond motifs is 1. The van der Waals surface area contributed by atoms with Crippen molar-refractivity contribution in [2.24, 2.45) is 5.92 Å². The monoisotopic (exact) mass is 324 g/mol.